The number of anilines is 2. The van der Waals surface area contributed by atoms with E-state index in [0.29, 0.717) is 11.4 Å². The number of para-hydroxylation sites is 1. The van der Waals surface area contributed by atoms with Crippen molar-refractivity contribution in [3.8, 4) is 0 Å². The Balaban J connectivity index is 1.71. The number of aryl methyl sites for hydroxylation is 1. The number of nitrogens with zero attached hydrogens (tertiary/aromatic N) is 1. The monoisotopic (exact) mass is 316 g/mol. The fourth-order valence-corrected chi connectivity index (χ4v) is 2.69. The lowest BCUT2D eigenvalue weighted by molar-refractivity contribution is 1.06. The third-order valence-electron chi connectivity index (χ3n) is 3.99. The summed E-state index contributed by atoms with van der Waals surface area (Å²) < 4.78 is 0. The fourth-order valence-electron chi connectivity index (χ4n) is 2.69. The van der Waals surface area contributed by atoms with E-state index >= 15 is 0 Å². The van der Waals surface area contributed by atoms with Gasteiger partial charge in [-0.1, -0.05) is 35.9 Å². The van der Waals surface area contributed by atoms with Gasteiger partial charge in [0, 0.05) is 23.0 Å². The fraction of sp³-hybridized carbons (Fsp3) is 0.0526. The topological polar surface area (TPSA) is 73.0 Å². The molecule has 0 radical (unpaired) electrons. The molecule has 2 heterocycles. The summed E-state index contributed by atoms with van der Waals surface area (Å²) >= 11 is 0. The molecule has 1 aliphatic rings. The standard InChI is InChI=1S/C19H16N4O/c1-12-6-8-14(9-7-12)21-18-16(19(24)23-22-18)10-13-11-20-17-5-3-2-4-15(13)17/h2-11H,1H3,(H3,21,22,23,24)/b13-10-. The normalized spacial score (nSPS) is 14.1. The summed E-state index contributed by atoms with van der Waals surface area (Å²) in [6, 6.07) is 15.9. The van der Waals surface area contributed by atoms with Gasteiger partial charge in [0.15, 0.2) is 0 Å². The molecule has 0 saturated carbocycles. The molecule has 5 heteroatoms. The van der Waals surface area contributed by atoms with Gasteiger partial charge in [0.05, 0.1) is 11.3 Å². The second-order valence-electron chi connectivity index (χ2n) is 5.73. The van der Waals surface area contributed by atoms with Crippen molar-refractivity contribution < 1.29 is 0 Å². The Hall–Kier alpha value is -3.34. The third kappa shape index (κ3) is 2.56. The highest BCUT2D eigenvalue weighted by Gasteiger charge is 2.14. The molecule has 24 heavy (non-hydrogen) atoms. The van der Waals surface area contributed by atoms with Crippen molar-refractivity contribution in [1.82, 2.24) is 10.2 Å². The molecule has 118 valence electrons. The molecule has 0 bridgehead atoms. The summed E-state index contributed by atoms with van der Waals surface area (Å²) in [5, 5.41) is 8.77. The van der Waals surface area contributed by atoms with Crippen LogP contribution < -0.4 is 10.9 Å². The first kappa shape index (κ1) is 14.3. The number of fused-ring (bicyclic) bond motifs is 1. The van der Waals surface area contributed by atoms with Crippen molar-refractivity contribution in [2.75, 3.05) is 5.32 Å². The lowest BCUT2D eigenvalue weighted by Crippen LogP contribution is -2.03. The zero-order chi connectivity index (χ0) is 16.5. The summed E-state index contributed by atoms with van der Waals surface area (Å²) in [4.78, 5) is 16.5. The Labute approximate surface area is 138 Å². The summed E-state index contributed by atoms with van der Waals surface area (Å²) in [7, 11) is 0. The van der Waals surface area contributed by atoms with Crippen molar-refractivity contribution in [3.63, 3.8) is 0 Å². The summed E-state index contributed by atoms with van der Waals surface area (Å²) in [6.45, 7) is 2.04. The Kier molecular flexibility index (Phi) is 3.39. The number of rotatable bonds is 3. The molecule has 4 rings (SSSR count). The molecule has 0 aliphatic carbocycles. The molecule has 0 unspecified atom stereocenters. The Morgan fingerprint density at radius 1 is 1.04 bits per heavy atom. The van der Waals surface area contributed by atoms with E-state index < -0.39 is 0 Å². The smallest absolute Gasteiger partial charge is 0.273 e. The highest BCUT2D eigenvalue weighted by Crippen LogP contribution is 2.32. The van der Waals surface area contributed by atoms with E-state index in [1.165, 1.54) is 5.56 Å². The number of benzene rings is 2. The molecule has 0 spiro atoms. The molecular formula is C19H16N4O. The van der Waals surface area contributed by atoms with Crippen LogP contribution in [-0.2, 0) is 0 Å². The van der Waals surface area contributed by atoms with Gasteiger partial charge in [0.2, 0.25) is 0 Å². The molecule has 5 nitrogen and oxygen atoms in total. The minimum absolute atomic E-state index is 0.171. The predicted octanol–water partition coefficient (Wildman–Crippen LogP) is 4.01. The Morgan fingerprint density at radius 3 is 2.67 bits per heavy atom. The predicted molar refractivity (Wildman–Crippen MR) is 98.3 cm³/mol. The van der Waals surface area contributed by atoms with Crippen LogP contribution in [0.4, 0.5) is 17.2 Å². The van der Waals surface area contributed by atoms with Crippen molar-refractivity contribution in [2.24, 2.45) is 4.99 Å². The molecule has 2 aromatic carbocycles. The number of nitrogens with one attached hydrogen (secondary N) is 3. The van der Waals surface area contributed by atoms with Gasteiger partial charge < -0.3 is 5.32 Å². The van der Waals surface area contributed by atoms with E-state index in [1.54, 1.807) is 6.21 Å². The Bertz CT molecular complexity index is 1010. The van der Waals surface area contributed by atoms with E-state index in [-0.39, 0.29) is 5.56 Å². The first-order valence-electron chi connectivity index (χ1n) is 7.70. The van der Waals surface area contributed by atoms with Gasteiger partial charge in [0.25, 0.3) is 5.56 Å². The molecule has 0 amide bonds. The molecule has 1 aliphatic heterocycles. The molecule has 3 N–H and O–H groups in total. The van der Waals surface area contributed by atoms with Crippen LogP contribution in [0.3, 0.4) is 0 Å². The van der Waals surface area contributed by atoms with Crippen molar-refractivity contribution in [3.05, 3.63) is 75.6 Å². The van der Waals surface area contributed by atoms with Gasteiger partial charge >= 0.3 is 0 Å². The van der Waals surface area contributed by atoms with Gasteiger partial charge in [-0.3, -0.25) is 20.0 Å². The number of allylic oxidation sites excluding steroid dienone is 1. The summed E-state index contributed by atoms with van der Waals surface area (Å²) in [6.07, 6.45) is 3.63. The molecule has 0 fully saturated rings. The summed E-state index contributed by atoms with van der Waals surface area (Å²) in [5.41, 5.74) is 5.34. The van der Waals surface area contributed by atoms with Crippen molar-refractivity contribution in [2.45, 2.75) is 6.92 Å². The third-order valence-corrected chi connectivity index (χ3v) is 3.99. The zero-order valence-corrected chi connectivity index (χ0v) is 13.1. The van der Waals surface area contributed by atoms with Gasteiger partial charge in [0.1, 0.15) is 5.82 Å². The van der Waals surface area contributed by atoms with E-state index in [4.69, 9.17) is 0 Å². The minimum Gasteiger partial charge on any atom is -0.340 e. The number of H-pyrrole nitrogens is 2. The molecule has 0 saturated heterocycles. The Morgan fingerprint density at radius 2 is 1.83 bits per heavy atom. The van der Waals surface area contributed by atoms with Crippen LogP contribution in [0, 0.1) is 6.92 Å². The quantitative estimate of drug-likeness (QED) is 0.683. The van der Waals surface area contributed by atoms with Crippen LogP contribution in [-0.4, -0.2) is 16.4 Å². The number of aromatic amines is 2. The van der Waals surface area contributed by atoms with E-state index in [0.717, 1.165) is 22.5 Å². The van der Waals surface area contributed by atoms with E-state index in [9.17, 15) is 4.79 Å². The number of aliphatic imine (C=N–C) groups is 1. The maximum atomic E-state index is 12.2. The van der Waals surface area contributed by atoms with Crippen LogP contribution in [0.5, 0.6) is 0 Å². The maximum absolute atomic E-state index is 12.2. The first-order valence-corrected chi connectivity index (χ1v) is 7.70. The molecule has 3 aromatic rings. The van der Waals surface area contributed by atoms with Crippen LogP contribution in [0.15, 0.2) is 58.3 Å². The minimum atomic E-state index is -0.171. The largest absolute Gasteiger partial charge is 0.340 e. The van der Waals surface area contributed by atoms with Crippen LogP contribution >= 0.6 is 0 Å². The van der Waals surface area contributed by atoms with Crippen molar-refractivity contribution >= 4 is 35.1 Å². The molecule has 1 aromatic heterocycles. The van der Waals surface area contributed by atoms with Crippen LogP contribution in [0.1, 0.15) is 16.7 Å². The first-order chi connectivity index (χ1) is 11.7. The molecule has 0 atom stereocenters. The van der Waals surface area contributed by atoms with Crippen LogP contribution in [0.2, 0.25) is 0 Å². The SMILES string of the molecule is Cc1ccc(Nc2[nH][nH]c(=O)c2/C=C2/C=Nc3ccccc32)cc1. The number of hydrogen-bond donors (Lipinski definition) is 3. The number of hydrogen-bond acceptors (Lipinski definition) is 3. The average Bonchev–Trinajstić information content (AvgIpc) is 3.16. The van der Waals surface area contributed by atoms with Gasteiger partial charge in [-0.15, -0.1) is 0 Å². The average molecular weight is 316 g/mol. The van der Waals surface area contributed by atoms with E-state index in [2.05, 4.69) is 20.5 Å². The second kappa shape index (κ2) is 5.70. The lowest BCUT2D eigenvalue weighted by atomic mass is 10.1. The molecular weight excluding hydrogens is 300 g/mol. The highest BCUT2D eigenvalue weighted by atomic mass is 16.1. The van der Waals surface area contributed by atoms with E-state index in [1.807, 2.05) is 61.5 Å². The van der Waals surface area contributed by atoms with Gasteiger partial charge in [-0.2, -0.15) is 0 Å². The van der Waals surface area contributed by atoms with Gasteiger partial charge in [-0.05, 0) is 31.2 Å². The second-order valence-corrected chi connectivity index (χ2v) is 5.73. The summed E-state index contributed by atoms with van der Waals surface area (Å²) in [5.74, 6) is 0.633. The van der Waals surface area contributed by atoms with Crippen LogP contribution in [0.25, 0.3) is 11.6 Å². The van der Waals surface area contributed by atoms with Crippen molar-refractivity contribution in [1.29, 1.82) is 0 Å². The lowest BCUT2D eigenvalue weighted by Gasteiger charge is -2.05. The maximum Gasteiger partial charge on any atom is 0.273 e. The number of aromatic nitrogens is 2. The zero-order valence-electron chi connectivity index (χ0n) is 13.1. The highest BCUT2D eigenvalue weighted by molar-refractivity contribution is 6.21. The van der Waals surface area contributed by atoms with Gasteiger partial charge in [-0.25, -0.2) is 0 Å².